The van der Waals surface area contributed by atoms with E-state index < -0.39 is 6.10 Å². The number of para-hydroxylation sites is 1. The molecule has 0 amide bonds. The summed E-state index contributed by atoms with van der Waals surface area (Å²) >= 11 is 0. The lowest BCUT2D eigenvalue weighted by atomic mass is 10.1. The Kier molecular flexibility index (Phi) is 4.58. The number of nitrogens with zero attached hydrogens (tertiary/aromatic N) is 2. The molecular formula is C15H20N2O2. The lowest BCUT2D eigenvalue weighted by molar-refractivity contribution is 0.199. The third kappa shape index (κ3) is 2.96. The van der Waals surface area contributed by atoms with Crippen molar-refractivity contribution in [2.75, 3.05) is 6.61 Å². The van der Waals surface area contributed by atoms with E-state index in [2.05, 4.69) is 12.0 Å². The van der Waals surface area contributed by atoms with Crippen molar-refractivity contribution in [2.24, 2.45) is 0 Å². The fraction of sp³-hybridized carbons (Fsp3) is 0.400. The average molecular weight is 260 g/mol. The zero-order valence-corrected chi connectivity index (χ0v) is 11.4. The molecule has 2 aromatic rings. The van der Waals surface area contributed by atoms with Gasteiger partial charge in [-0.3, -0.25) is 4.68 Å². The molecule has 102 valence electrons. The number of ether oxygens (including phenoxy) is 1. The number of benzene rings is 1. The van der Waals surface area contributed by atoms with Crippen molar-refractivity contribution in [1.29, 1.82) is 0 Å². The van der Waals surface area contributed by atoms with Crippen LogP contribution in [-0.4, -0.2) is 21.5 Å². The van der Waals surface area contributed by atoms with E-state index in [-0.39, 0.29) is 0 Å². The van der Waals surface area contributed by atoms with Gasteiger partial charge in [0.2, 0.25) is 0 Å². The Morgan fingerprint density at radius 2 is 2.05 bits per heavy atom. The van der Waals surface area contributed by atoms with Crippen molar-refractivity contribution in [2.45, 2.75) is 32.9 Å². The maximum absolute atomic E-state index is 10.5. The van der Waals surface area contributed by atoms with Crippen LogP contribution in [0.5, 0.6) is 5.75 Å². The minimum Gasteiger partial charge on any atom is -0.493 e. The second-order valence-corrected chi connectivity index (χ2v) is 4.36. The highest BCUT2D eigenvalue weighted by Gasteiger charge is 2.18. The Bertz CT molecular complexity index is 522. The van der Waals surface area contributed by atoms with Crippen LogP contribution in [-0.2, 0) is 6.54 Å². The highest BCUT2D eigenvalue weighted by Crippen LogP contribution is 2.29. The first-order valence-electron chi connectivity index (χ1n) is 6.69. The van der Waals surface area contributed by atoms with Crippen LogP contribution in [0.15, 0.2) is 36.5 Å². The van der Waals surface area contributed by atoms with Crippen LogP contribution in [0.2, 0.25) is 0 Å². The lowest BCUT2D eigenvalue weighted by Crippen LogP contribution is -2.10. The molecule has 0 aliphatic rings. The van der Waals surface area contributed by atoms with Gasteiger partial charge in [-0.25, -0.2) is 0 Å². The number of aliphatic hydroxyl groups excluding tert-OH is 1. The quantitative estimate of drug-likeness (QED) is 0.868. The van der Waals surface area contributed by atoms with Gasteiger partial charge < -0.3 is 9.84 Å². The van der Waals surface area contributed by atoms with Gasteiger partial charge in [0, 0.05) is 18.3 Å². The van der Waals surface area contributed by atoms with Crippen molar-refractivity contribution in [1.82, 2.24) is 9.78 Å². The van der Waals surface area contributed by atoms with Gasteiger partial charge in [-0.05, 0) is 25.5 Å². The predicted molar refractivity (Wildman–Crippen MR) is 74.2 cm³/mol. The third-order valence-corrected chi connectivity index (χ3v) is 3.00. The van der Waals surface area contributed by atoms with Crippen LogP contribution in [0, 0.1) is 0 Å². The van der Waals surface area contributed by atoms with Gasteiger partial charge >= 0.3 is 0 Å². The second-order valence-electron chi connectivity index (χ2n) is 4.36. The number of hydrogen-bond donors (Lipinski definition) is 1. The molecule has 4 nitrogen and oxygen atoms in total. The van der Waals surface area contributed by atoms with Gasteiger partial charge in [-0.15, -0.1) is 0 Å². The Labute approximate surface area is 113 Å². The fourth-order valence-corrected chi connectivity index (χ4v) is 2.05. The summed E-state index contributed by atoms with van der Waals surface area (Å²) in [5.41, 5.74) is 1.57. The minimum atomic E-state index is -0.712. The van der Waals surface area contributed by atoms with Gasteiger partial charge in [0.1, 0.15) is 11.9 Å². The number of rotatable bonds is 6. The number of hydrogen-bond acceptors (Lipinski definition) is 3. The lowest BCUT2D eigenvalue weighted by Gasteiger charge is -2.17. The summed E-state index contributed by atoms with van der Waals surface area (Å²) in [7, 11) is 0. The number of aliphatic hydroxyl groups is 1. The molecule has 1 aromatic heterocycles. The molecule has 0 aliphatic carbocycles. The highest BCUT2D eigenvalue weighted by atomic mass is 16.5. The summed E-state index contributed by atoms with van der Waals surface area (Å²) in [5.74, 6) is 0.737. The summed E-state index contributed by atoms with van der Waals surface area (Å²) in [6.07, 6.45) is 1.94. The van der Waals surface area contributed by atoms with Crippen LogP contribution < -0.4 is 4.74 Å². The molecule has 1 unspecified atom stereocenters. The molecule has 0 aliphatic heterocycles. The van der Waals surface area contributed by atoms with Gasteiger partial charge in [0.15, 0.2) is 0 Å². The van der Waals surface area contributed by atoms with E-state index in [0.717, 1.165) is 30.0 Å². The Balaban J connectivity index is 2.30. The van der Waals surface area contributed by atoms with Crippen molar-refractivity contribution >= 4 is 0 Å². The molecule has 1 heterocycles. The maximum atomic E-state index is 10.5. The largest absolute Gasteiger partial charge is 0.493 e. The molecule has 0 spiro atoms. The zero-order valence-electron chi connectivity index (χ0n) is 11.4. The first-order chi connectivity index (χ1) is 9.27. The molecule has 19 heavy (non-hydrogen) atoms. The van der Waals surface area contributed by atoms with Gasteiger partial charge in [-0.2, -0.15) is 5.10 Å². The van der Waals surface area contributed by atoms with Crippen molar-refractivity contribution in [3.8, 4) is 5.75 Å². The molecule has 0 bridgehead atoms. The summed E-state index contributed by atoms with van der Waals surface area (Å²) in [6, 6.07) is 9.44. The zero-order chi connectivity index (χ0) is 13.7. The van der Waals surface area contributed by atoms with Crippen LogP contribution >= 0.6 is 0 Å². The van der Waals surface area contributed by atoms with E-state index in [1.807, 2.05) is 37.3 Å². The molecule has 0 saturated heterocycles. The van der Waals surface area contributed by atoms with Crippen molar-refractivity contribution in [3.05, 3.63) is 47.8 Å². The summed E-state index contributed by atoms with van der Waals surface area (Å²) in [5, 5.41) is 14.7. The van der Waals surface area contributed by atoms with E-state index in [9.17, 15) is 5.11 Å². The molecule has 1 N–H and O–H groups in total. The van der Waals surface area contributed by atoms with E-state index in [4.69, 9.17) is 4.74 Å². The normalized spacial score (nSPS) is 12.4. The average Bonchev–Trinajstić information content (AvgIpc) is 2.93. The Morgan fingerprint density at radius 1 is 1.26 bits per heavy atom. The first-order valence-corrected chi connectivity index (χ1v) is 6.69. The van der Waals surface area contributed by atoms with Gasteiger partial charge in [0.25, 0.3) is 0 Å². The van der Waals surface area contributed by atoms with Crippen LogP contribution in [0.25, 0.3) is 0 Å². The third-order valence-electron chi connectivity index (χ3n) is 3.00. The predicted octanol–water partition coefficient (Wildman–Crippen LogP) is 2.77. The molecule has 4 heteroatoms. The smallest absolute Gasteiger partial charge is 0.125 e. The number of aryl methyl sites for hydroxylation is 1. The molecular weight excluding hydrogens is 240 g/mol. The topological polar surface area (TPSA) is 47.3 Å². The molecule has 1 atom stereocenters. The molecule has 1 aromatic carbocycles. The van der Waals surface area contributed by atoms with Crippen LogP contribution in [0.3, 0.4) is 0 Å². The van der Waals surface area contributed by atoms with E-state index in [1.54, 1.807) is 10.9 Å². The second kappa shape index (κ2) is 6.38. The van der Waals surface area contributed by atoms with Crippen molar-refractivity contribution in [3.63, 3.8) is 0 Å². The maximum Gasteiger partial charge on any atom is 0.125 e. The standard InChI is InChI=1S/C15H20N2O2/c1-3-11-19-14-8-6-5-7-12(14)15(18)13-9-10-16-17(13)4-2/h5-10,15,18H,3-4,11H2,1-2H3. The molecule has 2 rings (SSSR count). The van der Waals surface area contributed by atoms with Crippen LogP contribution in [0.4, 0.5) is 0 Å². The Morgan fingerprint density at radius 3 is 2.79 bits per heavy atom. The monoisotopic (exact) mass is 260 g/mol. The van der Waals surface area contributed by atoms with Gasteiger partial charge in [-0.1, -0.05) is 25.1 Å². The van der Waals surface area contributed by atoms with E-state index in [0.29, 0.717) is 6.61 Å². The summed E-state index contributed by atoms with van der Waals surface area (Å²) in [6.45, 7) is 5.45. The first kappa shape index (κ1) is 13.6. The van der Waals surface area contributed by atoms with Crippen LogP contribution in [0.1, 0.15) is 37.6 Å². The number of aromatic nitrogens is 2. The molecule has 0 fully saturated rings. The van der Waals surface area contributed by atoms with Crippen molar-refractivity contribution < 1.29 is 9.84 Å². The SMILES string of the molecule is CCCOc1ccccc1C(O)c1ccnn1CC. The van der Waals surface area contributed by atoms with E-state index in [1.165, 1.54) is 0 Å². The van der Waals surface area contributed by atoms with E-state index >= 15 is 0 Å². The minimum absolute atomic E-state index is 0.650. The fourth-order valence-electron chi connectivity index (χ4n) is 2.05. The molecule has 0 radical (unpaired) electrons. The summed E-state index contributed by atoms with van der Waals surface area (Å²) < 4.78 is 7.48. The Hall–Kier alpha value is -1.81. The summed E-state index contributed by atoms with van der Waals surface area (Å²) in [4.78, 5) is 0. The molecule has 0 saturated carbocycles. The van der Waals surface area contributed by atoms with Gasteiger partial charge in [0.05, 0.1) is 12.3 Å². The highest BCUT2D eigenvalue weighted by molar-refractivity contribution is 5.38.